The average molecular weight is 520 g/mol. The van der Waals surface area contributed by atoms with E-state index in [1.807, 2.05) is 13.8 Å². The van der Waals surface area contributed by atoms with Gasteiger partial charge in [0, 0.05) is 12.8 Å². The van der Waals surface area contributed by atoms with Crippen molar-refractivity contribution in [3.63, 3.8) is 0 Å². The Balaban J connectivity index is 2.21. The van der Waals surface area contributed by atoms with Crippen LogP contribution in [0, 0.1) is 5.92 Å². The monoisotopic (exact) mass is 519 g/mol. The lowest BCUT2D eigenvalue weighted by molar-refractivity contribution is -0.142. The predicted octanol–water partition coefficient (Wildman–Crippen LogP) is -0.463. The summed E-state index contributed by atoms with van der Waals surface area (Å²) in [5.74, 6) is -3.63. The van der Waals surface area contributed by atoms with Gasteiger partial charge in [0.05, 0.1) is 6.04 Å². The largest absolute Gasteiger partial charge is 0.508 e. The molecule has 4 atom stereocenters. The first kappa shape index (κ1) is 29.6. The number of carboxylic acids is 1. The van der Waals surface area contributed by atoms with Gasteiger partial charge in [-0.25, -0.2) is 4.79 Å². The molecule has 0 aromatic heterocycles. The van der Waals surface area contributed by atoms with Crippen LogP contribution in [0.2, 0.25) is 0 Å². The molecule has 1 fully saturated rings. The summed E-state index contributed by atoms with van der Waals surface area (Å²) in [4.78, 5) is 61.8. The Labute approximate surface area is 215 Å². The van der Waals surface area contributed by atoms with Crippen molar-refractivity contribution in [2.75, 3.05) is 6.54 Å². The summed E-state index contributed by atoms with van der Waals surface area (Å²) in [7, 11) is 0. The minimum Gasteiger partial charge on any atom is -0.508 e. The second-order valence-electron chi connectivity index (χ2n) is 9.68. The Hall–Kier alpha value is -3.67. The first-order valence-electron chi connectivity index (χ1n) is 12.4. The smallest absolute Gasteiger partial charge is 0.326 e. The average Bonchev–Trinajstić information content (AvgIpc) is 3.36. The van der Waals surface area contributed by atoms with E-state index in [4.69, 9.17) is 5.73 Å². The van der Waals surface area contributed by atoms with Gasteiger partial charge < -0.3 is 37.2 Å². The molecule has 0 radical (unpaired) electrons. The van der Waals surface area contributed by atoms with Gasteiger partial charge in [0.2, 0.25) is 23.6 Å². The van der Waals surface area contributed by atoms with Crippen LogP contribution in [0.15, 0.2) is 24.3 Å². The van der Waals surface area contributed by atoms with Gasteiger partial charge in [0.1, 0.15) is 23.9 Å². The molecule has 1 heterocycles. The maximum Gasteiger partial charge on any atom is 0.326 e. The number of carbonyl (C=O) groups is 5. The molecule has 0 spiro atoms. The highest BCUT2D eigenvalue weighted by Crippen LogP contribution is 2.13. The predicted molar refractivity (Wildman–Crippen MR) is 134 cm³/mol. The van der Waals surface area contributed by atoms with Gasteiger partial charge in [-0.3, -0.25) is 19.2 Å². The number of carbonyl (C=O) groups excluding carboxylic acids is 4. The van der Waals surface area contributed by atoms with E-state index in [-0.39, 0.29) is 42.9 Å². The van der Waals surface area contributed by atoms with Crippen molar-refractivity contribution in [2.45, 2.75) is 76.5 Å². The fraction of sp³-hybridized carbons (Fsp3) is 0.560. The number of hydrogen-bond acceptors (Lipinski definition) is 7. The normalized spacial score (nSPS) is 17.4. The second kappa shape index (κ2) is 14.2. The van der Waals surface area contributed by atoms with E-state index in [2.05, 4.69) is 21.3 Å². The van der Waals surface area contributed by atoms with Crippen molar-refractivity contribution in [2.24, 2.45) is 11.7 Å². The summed E-state index contributed by atoms with van der Waals surface area (Å²) < 4.78 is 0. The highest BCUT2D eigenvalue weighted by atomic mass is 16.4. The van der Waals surface area contributed by atoms with E-state index in [0.29, 0.717) is 24.9 Å². The number of carboxylic acid groups (broad SMARTS) is 1. The number of aliphatic carboxylic acids is 1. The van der Waals surface area contributed by atoms with Crippen LogP contribution in [0.3, 0.4) is 0 Å². The summed E-state index contributed by atoms with van der Waals surface area (Å²) in [5, 5.41) is 29.9. The molecule has 1 aliphatic heterocycles. The molecule has 1 aromatic rings. The summed E-state index contributed by atoms with van der Waals surface area (Å²) in [6.07, 6.45) is 1.38. The van der Waals surface area contributed by atoms with Crippen molar-refractivity contribution >= 4 is 29.6 Å². The lowest BCUT2D eigenvalue weighted by Gasteiger charge is -2.26. The van der Waals surface area contributed by atoms with E-state index in [0.717, 1.165) is 6.42 Å². The van der Waals surface area contributed by atoms with Crippen LogP contribution in [-0.2, 0) is 30.4 Å². The number of nitrogens with two attached hydrogens (primary N) is 1. The van der Waals surface area contributed by atoms with E-state index >= 15 is 0 Å². The topological polar surface area (TPSA) is 200 Å². The van der Waals surface area contributed by atoms with Crippen molar-refractivity contribution < 1.29 is 34.2 Å². The number of hydrogen-bond donors (Lipinski definition) is 7. The van der Waals surface area contributed by atoms with E-state index in [9.17, 15) is 34.2 Å². The maximum absolute atomic E-state index is 13.3. The number of aromatic hydroxyl groups is 1. The van der Waals surface area contributed by atoms with E-state index < -0.39 is 41.8 Å². The third kappa shape index (κ3) is 10.1. The summed E-state index contributed by atoms with van der Waals surface area (Å²) in [6.45, 7) is 4.52. The van der Waals surface area contributed by atoms with Crippen molar-refractivity contribution in [1.29, 1.82) is 0 Å². The van der Waals surface area contributed by atoms with Gasteiger partial charge in [-0.05, 0) is 55.8 Å². The molecular weight excluding hydrogens is 482 g/mol. The van der Waals surface area contributed by atoms with Gasteiger partial charge in [-0.2, -0.15) is 0 Å². The van der Waals surface area contributed by atoms with Crippen LogP contribution in [0.1, 0.15) is 51.5 Å². The molecule has 0 bridgehead atoms. The molecule has 204 valence electrons. The first-order chi connectivity index (χ1) is 17.5. The van der Waals surface area contributed by atoms with Crippen LogP contribution < -0.4 is 27.0 Å². The minimum atomic E-state index is -1.39. The number of rotatable bonds is 14. The molecule has 0 aliphatic carbocycles. The fourth-order valence-corrected chi connectivity index (χ4v) is 4.05. The molecule has 37 heavy (non-hydrogen) atoms. The Morgan fingerprint density at radius 3 is 2.16 bits per heavy atom. The Kier molecular flexibility index (Phi) is 11.3. The van der Waals surface area contributed by atoms with Gasteiger partial charge >= 0.3 is 5.97 Å². The van der Waals surface area contributed by atoms with Crippen LogP contribution in [-0.4, -0.2) is 70.5 Å². The van der Waals surface area contributed by atoms with Crippen molar-refractivity contribution in [3.05, 3.63) is 29.8 Å². The molecule has 4 unspecified atom stereocenters. The first-order valence-corrected chi connectivity index (χ1v) is 12.4. The van der Waals surface area contributed by atoms with E-state index in [1.165, 1.54) is 12.1 Å². The number of phenolic OH excluding ortho intramolecular Hbond substituents is 1. The SMILES string of the molecule is CC(C)CC(NC(=O)C1CCCN1)C(=O)NC(Cc1ccc(O)cc1)C(=O)NC(CCC(N)=O)C(=O)O. The quantitative estimate of drug-likeness (QED) is 0.171. The van der Waals surface area contributed by atoms with Gasteiger partial charge in [-0.15, -0.1) is 0 Å². The van der Waals surface area contributed by atoms with Crippen molar-refractivity contribution in [1.82, 2.24) is 21.3 Å². The molecule has 4 amide bonds. The molecule has 12 heteroatoms. The molecule has 1 saturated heterocycles. The van der Waals surface area contributed by atoms with Crippen LogP contribution >= 0.6 is 0 Å². The molecule has 8 N–H and O–H groups in total. The van der Waals surface area contributed by atoms with Crippen LogP contribution in [0.5, 0.6) is 5.75 Å². The summed E-state index contributed by atoms with van der Waals surface area (Å²) >= 11 is 0. The Bertz CT molecular complexity index is 961. The zero-order valence-corrected chi connectivity index (χ0v) is 21.2. The standard InChI is InChI=1S/C25H37N5O7/c1-14(2)12-19(29-22(33)17-4-3-11-27-17)23(34)30-20(13-15-5-7-16(31)8-6-15)24(35)28-18(25(36)37)9-10-21(26)32/h5-8,14,17-20,27,31H,3-4,9-13H2,1-2H3,(H2,26,32)(H,28,35)(H,29,33)(H,30,34)(H,36,37). The van der Waals surface area contributed by atoms with E-state index in [1.54, 1.807) is 12.1 Å². The number of phenols is 1. The van der Waals surface area contributed by atoms with Crippen molar-refractivity contribution in [3.8, 4) is 5.75 Å². The highest BCUT2D eigenvalue weighted by Gasteiger charge is 2.32. The number of amides is 4. The zero-order chi connectivity index (χ0) is 27.5. The molecular formula is C25H37N5O7. The van der Waals surface area contributed by atoms with Gasteiger partial charge in [-0.1, -0.05) is 26.0 Å². The Morgan fingerprint density at radius 1 is 1.00 bits per heavy atom. The number of benzene rings is 1. The summed E-state index contributed by atoms with van der Waals surface area (Å²) in [6, 6.07) is 2.12. The fourth-order valence-electron chi connectivity index (χ4n) is 4.05. The molecule has 1 aliphatic rings. The zero-order valence-electron chi connectivity index (χ0n) is 21.2. The third-order valence-corrected chi connectivity index (χ3v) is 6.02. The Morgan fingerprint density at radius 2 is 1.62 bits per heavy atom. The molecule has 0 saturated carbocycles. The lowest BCUT2D eigenvalue weighted by Crippen LogP contribution is -2.57. The van der Waals surface area contributed by atoms with Gasteiger partial charge in [0.25, 0.3) is 0 Å². The third-order valence-electron chi connectivity index (χ3n) is 6.02. The number of nitrogens with one attached hydrogen (secondary N) is 4. The molecule has 1 aromatic carbocycles. The minimum absolute atomic E-state index is 0.00740. The molecule has 2 rings (SSSR count). The van der Waals surface area contributed by atoms with Crippen LogP contribution in [0.4, 0.5) is 0 Å². The summed E-state index contributed by atoms with van der Waals surface area (Å²) in [5.41, 5.74) is 5.71. The number of primary amides is 1. The van der Waals surface area contributed by atoms with Gasteiger partial charge in [0.15, 0.2) is 0 Å². The molecule has 12 nitrogen and oxygen atoms in total. The highest BCUT2D eigenvalue weighted by molar-refractivity contribution is 5.94. The lowest BCUT2D eigenvalue weighted by atomic mass is 10.00. The maximum atomic E-state index is 13.3. The van der Waals surface area contributed by atoms with Crippen LogP contribution in [0.25, 0.3) is 0 Å². The second-order valence-corrected chi connectivity index (χ2v) is 9.68.